The fraction of sp³-hybridized carbons (Fsp3) is 0.520. The van der Waals surface area contributed by atoms with Crippen LogP contribution in [0.4, 0.5) is 0 Å². The molecule has 4 atom stereocenters. The van der Waals surface area contributed by atoms with Gasteiger partial charge in [0.2, 0.25) is 0 Å². The van der Waals surface area contributed by atoms with Crippen LogP contribution in [0.3, 0.4) is 0 Å². The summed E-state index contributed by atoms with van der Waals surface area (Å²) in [7, 11) is 0. The van der Waals surface area contributed by atoms with Crippen LogP contribution in [0.15, 0.2) is 35.7 Å². The molecule has 5 nitrogen and oxygen atoms in total. The zero-order valence-corrected chi connectivity index (χ0v) is 19.0. The summed E-state index contributed by atoms with van der Waals surface area (Å²) in [6.07, 6.45) is 9.08. The molecule has 6 heteroatoms. The van der Waals surface area contributed by atoms with Crippen LogP contribution in [0.25, 0.3) is 10.1 Å². The number of fused-ring (bicyclic) bond motifs is 3. The second kappa shape index (κ2) is 8.65. The molecular weight excluding hydrogens is 410 g/mol. The Morgan fingerprint density at radius 1 is 1.26 bits per heavy atom. The maximum absolute atomic E-state index is 13.2. The molecule has 3 fully saturated rings. The van der Waals surface area contributed by atoms with Crippen molar-refractivity contribution in [2.75, 3.05) is 0 Å². The first-order valence-corrected chi connectivity index (χ1v) is 12.0. The minimum atomic E-state index is -0.750. The number of phenols is 1. The number of carboxylic acids is 1. The lowest BCUT2D eigenvalue weighted by atomic mass is 9.44. The van der Waals surface area contributed by atoms with Gasteiger partial charge in [0.25, 0.3) is 5.91 Å². The highest BCUT2D eigenvalue weighted by atomic mass is 32.1. The predicted octanol–water partition coefficient (Wildman–Crippen LogP) is 5.59. The molecule has 5 rings (SSSR count). The standard InChI is InChI=1S/C25H31NO4S/c1-25(2)16-11-15(7-5-3-4-6-8-22(28)29)23(20(25)12-16)26-24(30)19-14-31-21-10-9-17(27)13-18(19)21/h3,5,9-10,13-16,20,23,27H,4,6-8,11-12H2,1-2H3,(H,26,30)(H,28,29)/t15-,16-,20-,23+/m1/s1. The molecule has 0 radical (unpaired) electrons. The van der Waals surface area contributed by atoms with Crippen LogP contribution in [0.5, 0.6) is 5.75 Å². The van der Waals surface area contributed by atoms with E-state index in [1.165, 1.54) is 17.8 Å². The number of amides is 1. The molecule has 166 valence electrons. The number of hydrogen-bond acceptors (Lipinski definition) is 4. The van der Waals surface area contributed by atoms with Gasteiger partial charge >= 0.3 is 5.97 Å². The van der Waals surface area contributed by atoms with Gasteiger partial charge in [-0.2, -0.15) is 0 Å². The van der Waals surface area contributed by atoms with Crippen molar-refractivity contribution < 1.29 is 19.8 Å². The molecule has 0 aliphatic heterocycles. The number of nitrogens with one attached hydrogen (secondary N) is 1. The summed E-state index contributed by atoms with van der Waals surface area (Å²) in [4.78, 5) is 23.9. The van der Waals surface area contributed by atoms with Gasteiger partial charge in [-0.05, 0) is 73.5 Å². The predicted molar refractivity (Wildman–Crippen MR) is 123 cm³/mol. The number of rotatable bonds is 8. The molecule has 3 saturated carbocycles. The van der Waals surface area contributed by atoms with Crippen LogP contribution in [-0.4, -0.2) is 28.1 Å². The summed E-state index contributed by atoms with van der Waals surface area (Å²) < 4.78 is 0.997. The van der Waals surface area contributed by atoms with E-state index in [2.05, 4.69) is 31.3 Å². The Kier molecular flexibility index (Phi) is 6.11. The van der Waals surface area contributed by atoms with Gasteiger partial charge in [0.15, 0.2) is 0 Å². The topological polar surface area (TPSA) is 86.6 Å². The zero-order valence-electron chi connectivity index (χ0n) is 18.1. The number of carboxylic acid groups (broad SMARTS) is 1. The van der Waals surface area contributed by atoms with Crippen LogP contribution in [0, 0.1) is 23.2 Å². The van der Waals surface area contributed by atoms with E-state index in [1.807, 2.05) is 11.4 Å². The monoisotopic (exact) mass is 441 g/mol. The second-order valence-electron chi connectivity index (χ2n) is 9.68. The van der Waals surface area contributed by atoms with E-state index in [4.69, 9.17) is 5.11 Å². The number of carbonyl (C=O) groups is 2. The molecule has 0 spiro atoms. The highest BCUT2D eigenvalue weighted by molar-refractivity contribution is 7.17. The molecule has 31 heavy (non-hydrogen) atoms. The van der Waals surface area contributed by atoms with Crippen LogP contribution in [-0.2, 0) is 4.79 Å². The molecule has 3 aliphatic carbocycles. The van der Waals surface area contributed by atoms with Crippen molar-refractivity contribution in [2.45, 2.75) is 58.4 Å². The number of allylic oxidation sites excluding steroid dienone is 2. The lowest BCUT2D eigenvalue weighted by molar-refractivity contribution is -0.137. The summed E-state index contributed by atoms with van der Waals surface area (Å²) in [5.41, 5.74) is 0.882. The van der Waals surface area contributed by atoms with Crippen molar-refractivity contribution in [3.63, 3.8) is 0 Å². The molecule has 2 bridgehead atoms. The fourth-order valence-corrected chi connectivity index (χ4v) is 6.47. The van der Waals surface area contributed by atoms with Crippen molar-refractivity contribution in [3.8, 4) is 5.75 Å². The van der Waals surface area contributed by atoms with Gasteiger partial charge in [-0.25, -0.2) is 0 Å². The quantitative estimate of drug-likeness (QED) is 0.368. The van der Waals surface area contributed by atoms with E-state index in [9.17, 15) is 14.7 Å². The van der Waals surface area contributed by atoms with Crippen molar-refractivity contribution in [1.29, 1.82) is 0 Å². The lowest BCUT2D eigenvalue weighted by Gasteiger charge is -2.62. The van der Waals surface area contributed by atoms with E-state index >= 15 is 0 Å². The summed E-state index contributed by atoms with van der Waals surface area (Å²) in [5.74, 6) is 0.939. The smallest absolute Gasteiger partial charge is 0.303 e. The molecule has 1 heterocycles. The minimum absolute atomic E-state index is 0.0570. The number of aliphatic carboxylic acids is 1. The van der Waals surface area contributed by atoms with Crippen LogP contribution < -0.4 is 5.32 Å². The Hall–Kier alpha value is -2.34. The third kappa shape index (κ3) is 4.36. The van der Waals surface area contributed by atoms with Gasteiger partial charge in [0.1, 0.15) is 5.75 Å². The maximum atomic E-state index is 13.2. The van der Waals surface area contributed by atoms with Crippen molar-refractivity contribution in [3.05, 3.63) is 41.3 Å². The number of carbonyl (C=O) groups excluding carboxylic acids is 1. The summed E-state index contributed by atoms with van der Waals surface area (Å²) in [6, 6.07) is 5.30. The molecule has 1 aromatic heterocycles. The molecule has 0 unspecified atom stereocenters. The summed E-state index contributed by atoms with van der Waals surface area (Å²) in [5, 5.41) is 24.7. The second-order valence-corrected chi connectivity index (χ2v) is 10.6. The highest BCUT2D eigenvalue weighted by Gasteiger charge is 2.57. The average Bonchev–Trinajstić information content (AvgIpc) is 3.13. The van der Waals surface area contributed by atoms with Gasteiger partial charge in [-0.15, -0.1) is 11.3 Å². The average molecular weight is 442 g/mol. The summed E-state index contributed by atoms with van der Waals surface area (Å²) >= 11 is 1.52. The van der Waals surface area contributed by atoms with E-state index < -0.39 is 5.97 Å². The summed E-state index contributed by atoms with van der Waals surface area (Å²) in [6.45, 7) is 4.64. The number of phenolic OH excluding ortho intramolecular Hbond substituents is 1. The first-order valence-electron chi connectivity index (χ1n) is 11.1. The van der Waals surface area contributed by atoms with Gasteiger partial charge in [0, 0.05) is 27.9 Å². The van der Waals surface area contributed by atoms with Crippen LogP contribution >= 0.6 is 11.3 Å². The number of thiophene rings is 1. The van der Waals surface area contributed by atoms with E-state index in [1.54, 1.807) is 12.1 Å². The van der Waals surface area contributed by atoms with E-state index in [-0.39, 0.29) is 29.5 Å². The first kappa shape index (κ1) is 21.9. The highest BCUT2D eigenvalue weighted by Crippen LogP contribution is 2.61. The van der Waals surface area contributed by atoms with Crippen molar-refractivity contribution in [2.24, 2.45) is 23.2 Å². The number of aromatic hydroxyl groups is 1. The normalized spacial score (nSPS) is 26.6. The first-order chi connectivity index (χ1) is 14.8. The third-order valence-electron chi connectivity index (χ3n) is 7.54. The largest absolute Gasteiger partial charge is 0.508 e. The van der Waals surface area contributed by atoms with E-state index in [0.717, 1.165) is 29.3 Å². The Labute approximate surface area is 187 Å². The fourth-order valence-electron chi connectivity index (χ4n) is 5.55. The van der Waals surface area contributed by atoms with Gasteiger partial charge < -0.3 is 15.5 Å². The molecular formula is C25H31NO4S. The van der Waals surface area contributed by atoms with Gasteiger partial charge in [-0.1, -0.05) is 26.0 Å². The van der Waals surface area contributed by atoms with Gasteiger partial charge in [0.05, 0.1) is 5.56 Å². The number of unbranched alkanes of at least 4 members (excludes halogenated alkanes) is 1. The molecule has 3 N–H and O–H groups in total. The van der Waals surface area contributed by atoms with E-state index in [0.29, 0.717) is 29.7 Å². The third-order valence-corrected chi connectivity index (χ3v) is 8.50. The lowest BCUT2D eigenvalue weighted by Crippen LogP contribution is -2.63. The number of benzene rings is 1. The maximum Gasteiger partial charge on any atom is 0.303 e. The molecule has 1 amide bonds. The zero-order chi connectivity index (χ0) is 22.2. The van der Waals surface area contributed by atoms with Gasteiger partial charge in [-0.3, -0.25) is 9.59 Å². The molecule has 1 aromatic carbocycles. The van der Waals surface area contributed by atoms with Crippen molar-refractivity contribution in [1.82, 2.24) is 5.32 Å². The Morgan fingerprint density at radius 2 is 2.06 bits per heavy atom. The molecule has 0 saturated heterocycles. The minimum Gasteiger partial charge on any atom is -0.508 e. The molecule has 3 aliphatic rings. The Balaban J connectivity index is 1.46. The molecule has 2 aromatic rings. The number of hydrogen-bond donors (Lipinski definition) is 3. The Morgan fingerprint density at radius 3 is 2.81 bits per heavy atom. The Bertz CT molecular complexity index is 1010. The SMILES string of the molecule is CC1(C)[C@@H]2C[C@@H](CC=CCCCC(=O)O)[C@H](NC(=O)c3csc4ccc(O)cc34)[C@H]1C2. The van der Waals surface area contributed by atoms with Crippen molar-refractivity contribution >= 4 is 33.3 Å². The van der Waals surface area contributed by atoms with Crippen LogP contribution in [0.2, 0.25) is 0 Å². The van der Waals surface area contributed by atoms with Crippen LogP contribution in [0.1, 0.15) is 62.7 Å².